The van der Waals surface area contributed by atoms with Crippen molar-refractivity contribution in [3.8, 4) is 0 Å². The van der Waals surface area contributed by atoms with Gasteiger partial charge in [0.2, 0.25) is 0 Å². The molecule has 0 saturated carbocycles. The van der Waals surface area contributed by atoms with E-state index in [2.05, 4.69) is 27.0 Å². The van der Waals surface area contributed by atoms with Gasteiger partial charge in [-0.15, -0.1) is 0 Å². The highest BCUT2D eigenvalue weighted by atomic mass is 16.3. The molecule has 0 radical (unpaired) electrons. The van der Waals surface area contributed by atoms with E-state index in [1.165, 1.54) is 5.56 Å². The van der Waals surface area contributed by atoms with Crippen LogP contribution in [0.1, 0.15) is 42.4 Å². The first-order valence-corrected chi connectivity index (χ1v) is 4.50. The maximum absolute atomic E-state index is 5.56. The van der Waals surface area contributed by atoms with Crippen molar-refractivity contribution >= 4 is 12.2 Å². The second-order valence-electron chi connectivity index (χ2n) is 3.41. The lowest BCUT2D eigenvalue weighted by molar-refractivity contribution is 0.520. The molecule has 70 valence electrons. The normalized spacial score (nSPS) is 10.5. The molecule has 1 rings (SSSR count). The summed E-state index contributed by atoms with van der Waals surface area (Å²) in [7, 11) is 0. The number of hydrogen-bond acceptors (Lipinski definition) is 1. The van der Waals surface area contributed by atoms with E-state index in [-0.39, 0.29) is 0 Å². The topological polar surface area (TPSA) is 13.1 Å². The van der Waals surface area contributed by atoms with Crippen LogP contribution in [0.4, 0.5) is 0 Å². The monoisotopic (exact) mass is 176 g/mol. The number of rotatable bonds is 3. The Hall–Kier alpha value is -1.24. The van der Waals surface area contributed by atoms with Crippen molar-refractivity contribution in [1.29, 1.82) is 0 Å². The van der Waals surface area contributed by atoms with Crippen LogP contribution in [-0.2, 0) is 0 Å². The minimum atomic E-state index is 0.443. The van der Waals surface area contributed by atoms with Gasteiger partial charge in [0.25, 0.3) is 0 Å². The molecule has 0 bridgehead atoms. The van der Waals surface area contributed by atoms with Crippen molar-refractivity contribution in [3.63, 3.8) is 0 Å². The summed E-state index contributed by atoms with van der Waals surface area (Å²) in [6, 6.07) is 0. The molecule has 0 aliphatic rings. The minimum Gasteiger partial charge on any atom is -0.461 e. The van der Waals surface area contributed by atoms with Gasteiger partial charge < -0.3 is 4.42 Å². The van der Waals surface area contributed by atoms with Gasteiger partial charge in [-0.3, -0.25) is 0 Å². The molecule has 0 N–H and O–H groups in total. The van der Waals surface area contributed by atoms with Crippen molar-refractivity contribution in [2.75, 3.05) is 0 Å². The second-order valence-corrected chi connectivity index (χ2v) is 3.41. The second kappa shape index (κ2) is 3.65. The van der Waals surface area contributed by atoms with Gasteiger partial charge in [-0.1, -0.05) is 33.1 Å². The van der Waals surface area contributed by atoms with E-state index < -0.39 is 0 Å². The molecule has 0 aromatic carbocycles. The lowest BCUT2D eigenvalue weighted by atomic mass is 9.98. The van der Waals surface area contributed by atoms with Gasteiger partial charge in [0.05, 0.1) is 0 Å². The van der Waals surface area contributed by atoms with Gasteiger partial charge in [-0.05, 0) is 18.9 Å². The van der Waals surface area contributed by atoms with Crippen LogP contribution in [0.3, 0.4) is 0 Å². The highest BCUT2D eigenvalue weighted by Gasteiger charge is 2.15. The molecular formula is C12H16O. The van der Waals surface area contributed by atoms with Crippen molar-refractivity contribution < 1.29 is 4.42 Å². The summed E-state index contributed by atoms with van der Waals surface area (Å²) in [4.78, 5) is 0. The van der Waals surface area contributed by atoms with Crippen LogP contribution < -0.4 is 0 Å². The fraction of sp³-hybridized carbons (Fsp3) is 0.333. The molecule has 0 unspecified atom stereocenters. The average molecular weight is 176 g/mol. The Morgan fingerprint density at radius 1 is 1.23 bits per heavy atom. The standard InChI is InChI=1S/C12H16O/c1-6-10-9(5)13-11(7-2)12(10)8(3)4/h6-8H,1-2H2,3-5H3. The van der Waals surface area contributed by atoms with Crippen molar-refractivity contribution in [3.05, 3.63) is 35.8 Å². The molecule has 0 spiro atoms. The summed E-state index contributed by atoms with van der Waals surface area (Å²) < 4.78 is 5.56. The quantitative estimate of drug-likeness (QED) is 0.678. The largest absolute Gasteiger partial charge is 0.461 e. The fourth-order valence-electron chi connectivity index (χ4n) is 1.60. The molecule has 0 amide bonds. The predicted molar refractivity (Wildman–Crippen MR) is 57.7 cm³/mol. The summed E-state index contributed by atoms with van der Waals surface area (Å²) >= 11 is 0. The van der Waals surface area contributed by atoms with Crippen LogP contribution in [0, 0.1) is 6.92 Å². The van der Waals surface area contributed by atoms with E-state index in [1.807, 2.05) is 13.0 Å². The Labute approximate surface area is 79.8 Å². The maximum Gasteiger partial charge on any atom is 0.130 e. The molecule has 1 nitrogen and oxygen atoms in total. The van der Waals surface area contributed by atoms with E-state index in [4.69, 9.17) is 4.42 Å². The molecule has 0 atom stereocenters. The highest BCUT2D eigenvalue weighted by Crippen LogP contribution is 2.30. The Morgan fingerprint density at radius 2 is 1.85 bits per heavy atom. The summed E-state index contributed by atoms with van der Waals surface area (Å²) in [5.74, 6) is 2.24. The van der Waals surface area contributed by atoms with Crippen molar-refractivity contribution in [2.24, 2.45) is 0 Å². The van der Waals surface area contributed by atoms with Gasteiger partial charge in [0.15, 0.2) is 0 Å². The number of furan rings is 1. The first-order valence-electron chi connectivity index (χ1n) is 4.50. The molecule has 0 saturated heterocycles. The number of hydrogen-bond donors (Lipinski definition) is 0. The summed E-state index contributed by atoms with van der Waals surface area (Å²) in [5.41, 5.74) is 2.33. The highest BCUT2D eigenvalue weighted by molar-refractivity contribution is 5.62. The molecule has 1 heterocycles. The van der Waals surface area contributed by atoms with Gasteiger partial charge in [0.1, 0.15) is 11.5 Å². The fourth-order valence-corrected chi connectivity index (χ4v) is 1.60. The summed E-state index contributed by atoms with van der Waals surface area (Å²) in [6.07, 6.45) is 3.61. The lowest BCUT2D eigenvalue weighted by Crippen LogP contribution is -1.90. The van der Waals surface area contributed by atoms with Crippen molar-refractivity contribution in [1.82, 2.24) is 0 Å². The lowest BCUT2D eigenvalue weighted by Gasteiger charge is -2.04. The zero-order chi connectivity index (χ0) is 10.0. The zero-order valence-corrected chi connectivity index (χ0v) is 8.55. The average Bonchev–Trinajstić information content (AvgIpc) is 2.41. The van der Waals surface area contributed by atoms with Gasteiger partial charge >= 0.3 is 0 Å². The number of aryl methyl sites for hydroxylation is 1. The first kappa shape index (κ1) is 9.85. The smallest absolute Gasteiger partial charge is 0.130 e. The maximum atomic E-state index is 5.56. The van der Waals surface area contributed by atoms with Crippen LogP contribution >= 0.6 is 0 Å². The van der Waals surface area contributed by atoms with Gasteiger partial charge in [-0.2, -0.15) is 0 Å². The Kier molecular flexibility index (Phi) is 2.76. The summed E-state index contributed by atoms with van der Waals surface area (Å²) in [6.45, 7) is 13.8. The van der Waals surface area contributed by atoms with Gasteiger partial charge in [-0.25, -0.2) is 0 Å². The Balaban J connectivity index is 3.40. The van der Waals surface area contributed by atoms with Crippen LogP contribution in [0.15, 0.2) is 17.6 Å². The third kappa shape index (κ3) is 1.59. The minimum absolute atomic E-state index is 0.443. The van der Waals surface area contributed by atoms with E-state index >= 15 is 0 Å². The zero-order valence-electron chi connectivity index (χ0n) is 8.55. The molecular weight excluding hydrogens is 160 g/mol. The van der Waals surface area contributed by atoms with Crippen LogP contribution in [0.5, 0.6) is 0 Å². The van der Waals surface area contributed by atoms with Gasteiger partial charge in [0, 0.05) is 11.1 Å². The third-order valence-electron chi connectivity index (χ3n) is 2.16. The van der Waals surface area contributed by atoms with E-state index in [1.54, 1.807) is 6.08 Å². The molecule has 13 heavy (non-hydrogen) atoms. The summed E-state index contributed by atoms with van der Waals surface area (Å²) in [5, 5.41) is 0. The van der Waals surface area contributed by atoms with E-state index in [0.29, 0.717) is 5.92 Å². The molecule has 0 aliphatic heterocycles. The molecule has 1 aromatic heterocycles. The van der Waals surface area contributed by atoms with E-state index in [9.17, 15) is 0 Å². The van der Waals surface area contributed by atoms with E-state index in [0.717, 1.165) is 17.1 Å². The van der Waals surface area contributed by atoms with Crippen LogP contribution in [0.2, 0.25) is 0 Å². The predicted octanol–water partition coefficient (Wildman–Crippen LogP) is 4.00. The Bertz CT molecular complexity index is 329. The molecule has 0 aliphatic carbocycles. The molecule has 1 aromatic rings. The van der Waals surface area contributed by atoms with Crippen LogP contribution in [-0.4, -0.2) is 0 Å². The SMILES string of the molecule is C=Cc1oc(C)c(C=C)c1C(C)C. The van der Waals surface area contributed by atoms with Crippen molar-refractivity contribution in [2.45, 2.75) is 26.7 Å². The Morgan fingerprint density at radius 3 is 2.23 bits per heavy atom. The molecule has 0 fully saturated rings. The first-order chi connectivity index (χ1) is 6.11. The molecule has 1 heteroatoms. The van der Waals surface area contributed by atoms with Crippen LogP contribution in [0.25, 0.3) is 12.2 Å². The third-order valence-corrected chi connectivity index (χ3v) is 2.16.